The second-order valence-corrected chi connectivity index (χ2v) is 6.73. The topological polar surface area (TPSA) is 38.3 Å². The van der Waals surface area contributed by atoms with E-state index in [2.05, 4.69) is 23.5 Å². The minimum Gasteiger partial charge on any atom is -0.372 e. The zero-order chi connectivity index (χ0) is 15.7. The van der Waals surface area contributed by atoms with Crippen molar-refractivity contribution in [3.63, 3.8) is 0 Å². The minimum absolute atomic E-state index is 0.0161. The molecule has 0 radical (unpaired) electrons. The minimum atomic E-state index is -0.407. The molecule has 2 aromatic rings. The normalized spacial score (nSPS) is 13.8. The molecular formula is C19H21NO2. The van der Waals surface area contributed by atoms with E-state index in [1.54, 1.807) is 0 Å². The monoisotopic (exact) mass is 295 g/mol. The Morgan fingerprint density at radius 1 is 1.00 bits per heavy atom. The molecule has 0 atom stereocenters. The van der Waals surface area contributed by atoms with Crippen LogP contribution in [0.3, 0.4) is 0 Å². The molecule has 0 spiro atoms. The maximum atomic E-state index is 12.1. The van der Waals surface area contributed by atoms with Gasteiger partial charge in [0.05, 0.1) is 13.2 Å². The van der Waals surface area contributed by atoms with Crippen LogP contribution in [0.25, 0.3) is 11.1 Å². The SMILES string of the molecule is CC(C)(C)C(=O)Nc1ccc2c(c1)COCc1ccccc1-2. The number of nitrogens with one attached hydrogen (secondary N) is 1. The zero-order valence-corrected chi connectivity index (χ0v) is 13.3. The van der Waals surface area contributed by atoms with Gasteiger partial charge in [-0.2, -0.15) is 0 Å². The van der Waals surface area contributed by atoms with E-state index in [4.69, 9.17) is 4.74 Å². The van der Waals surface area contributed by atoms with Crippen LogP contribution in [0, 0.1) is 5.41 Å². The van der Waals surface area contributed by atoms with Gasteiger partial charge in [0.1, 0.15) is 0 Å². The number of carbonyl (C=O) groups is 1. The maximum absolute atomic E-state index is 12.1. The summed E-state index contributed by atoms with van der Waals surface area (Å²) in [7, 11) is 0. The summed E-state index contributed by atoms with van der Waals surface area (Å²) >= 11 is 0. The molecule has 0 aliphatic carbocycles. The van der Waals surface area contributed by atoms with E-state index < -0.39 is 5.41 Å². The average molecular weight is 295 g/mol. The maximum Gasteiger partial charge on any atom is 0.229 e. The van der Waals surface area contributed by atoms with Crippen molar-refractivity contribution in [2.45, 2.75) is 34.0 Å². The molecule has 0 unspecified atom stereocenters. The van der Waals surface area contributed by atoms with Gasteiger partial charge >= 0.3 is 0 Å². The Hall–Kier alpha value is -2.13. The molecule has 1 aliphatic heterocycles. The Labute approximate surface area is 131 Å². The Morgan fingerprint density at radius 3 is 2.45 bits per heavy atom. The number of amides is 1. The highest BCUT2D eigenvalue weighted by atomic mass is 16.5. The molecule has 0 aromatic heterocycles. The molecule has 3 rings (SSSR count). The van der Waals surface area contributed by atoms with Gasteiger partial charge in [-0.15, -0.1) is 0 Å². The smallest absolute Gasteiger partial charge is 0.229 e. The van der Waals surface area contributed by atoms with Crippen molar-refractivity contribution >= 4 is 11.6 Å². The van der Waals surface area contributed by atoms with Crippen molar-refractivity contribution in [1.29, 1.82) is 0 Å². The summed E-state index contributed by atoms with van der Waals surface area (Å²) in [6.45, 7) is 6.90. The van der Waals surface area contributed by atoms with E-state index in [1.807, 2.05) is 45.0 Å². The van der Waals surface area contributed by atoms with Gasteiger partial charge in [-0.1, -0.05) is 51.1 Å². The Bertz CT molecular complexity index is 714. The molecule has 3 nitrogen and oxygen atoms in total. The number of rotatable bonds is 1. The molecule has 1 heterocycles. The molecule has 0 saturated heterocycles. The first-order chi connectivity index (χ1) is 10.4. The van der Waals surface area contributed by atoms with Crippen LogP contribution in [0.15, 0.2) is 42.5 Å². The molecule has 114 valence electrons. The van der Waals surface area contributed by atoms with Crippen molar-refractivity contribution in [1.82, 2.24) is 0 Å². The highest BCUT2D eigenvalue weighted by Crippen LogP contribution is 2.33. The Morgan fingerprint density at radius 2 is 1.68 bits per heavy atom. The number of ether oxygens (including phenoxy) is 1. The van der Waals surface area contributed by atoms with Crippen molar-refractivity contribution in [2.24, 2.45) is 5.41 Å². The first kappa shape index (κ1) is 14.8. The zero-order valence-electron chi connectivity index (χ0n) is 13.3. The van der Waals surface area contributed by atoms with E-state index in [0.29, 0.717) is 13.2 Å². The molecule has 1 aliphatic rings. The Balaban J connectivity index is 1.96. The first-order valence-electron chi connectivity index (χ1n) is 7.55. The van der Waals surface area contributed by atoms with Crippen LogP contribution in [-0.4, -0.2) is 5.91 Å². The molecule has 3 heteroatoms. The molecule has 2 aromatic carbocycles. The van der Waals surface area contributed by atoms with Crippen molar-refractivity contribution in [3.05, 3.63) is 53.6 Å². The summed E-state index contributed by atoms with van der Waals surface area (Å²) in [5, 5.41) is 2.98. The van der Waals surface area contributed by atoms with Crippen molar-refractivity contribution in [3.8, 4) is 11.1 Å². The van der Waals surface area contributed by atoms with Crippen molar-refractivity contribution < 1.29 is 9.53 Å². The predicted octanol–water partition coefficient (Wildman–Crippen LogP) is 4.37. The molecule has 0 fully saturated rings. The van der Waals surface area contributed by atoms with Gasteiger partial charge in [0.2, 0.25) is 5.91 Å². The van der Waals surface area contributed by atoms with Crippen LogP contribution in [0.4, 0.5) is 5.69 Å². The fourth-order valence-corrected chi connectivity index (χ4v) is 2.55. The molecule has 1 amide bonds. The summed E-state index contributed by atoms with van der Waals surface area (Å²) < 4.78 is 5.76. The van der Waals surface area contributed by atoms with Crippen LogP contribution in [0.2, 0.25) is 0 Å². The highest BCUT2D eigenvalue weighted by Gasteiger charge is 2.22. The highest BCUT2D eigenvalue weighted by molar-refractivity contribution is 5.95. The summed E-state index contributed by atoms with van der Waals surface area (Å²) in [6.07, 6.45) is 0. The van der Waals surface area contributed by atoms with Crippen LogP contribution in [0.5, 0.6) is 0 Å². The number of hydrogen-bond acceptors (Lipinski definition) is 2. The number of fused-ring (bicyclic) bond motifs is 3. The third-order valence-electron chi connectivity index (χ3n) is 3.87. The largest absolute Gasteiger partial charge is 0.372 e. The van der Waals surface area contributed by atoms with Crippen LogP contribution >= 0.6 is 0 Å². The van der Waals surface area contributed by atoms with Gasteiger partial charge in [-0.3, -0.25) is 4.79 Å². The average Bonchev–Trinajstić information content (AvgIpc) is 2.65. The van der Waals surface area contributed by atoms with E-state index in [9.17, 15) is 4.79 Å². The second-order valence-electron chi connectivity index (χ2n) is 6.73. The molecule has 0 saturated carbocycles. The number of hydrogen-bond donors (Lipinski definition) is 1. The summed E-state index contributed by atoms with van der Waals surface area (Å²) in [4.78, 5) is 12.1. The predicted molar refractivity (Wildman–Crippen MR) is 88.5 cm³/mol. The number of benzene rings is 2. The Kier molecular flexibility index (Phi) is 3.75. The summed E-state index contributed by atoms with van der Waals surface area (Å²) in [5.74, 6) is 0.0161. The lowest BCUT2D eigenvalue weighted by Gasteiger charge is -2.18. The fourth-order valence-electron chi connectivity index (χ4n) is 2.55. The van der Waals surface area contributed by atoms with Gasteiger partial charge in [0, 0.05) is 11.1 Å². The lowest BCUT2D eigenvalue weighted by molar-refractivity contribution is -0.123. The molecule has 22 heavy (non-hydrogen) atoms. The van der Waals surface area contributed by atoms with Crippen LogP contribution in [-0.2, 0) is 22.7 Å². The van der Waals surface area contributed by atoms with E-state index >= 15 is 0 Å². The van der Waals surface area contributed by atoms with E-state index in [0.717, 1.165) is 11.3 Å². The van der Waals surface area contributed by atoms with Gasteiger partial charge in [-0.05, 0) is 34.4 Å². The van der Waals surface area contributed by atoms with Gasteiger partial charge in [0.15, 0.2) is 0 Å². The van der Waals surface area contributed by atoms with E-state index in [-0.39, 0.29) is 5.91 Å². The van der Waals surface area contributed by atoms with Crippen molar-refractivity contribution in [2.75, 3.05) is 5.32 Å². The first-order valence-corrected chi connectivity index (χ1v) is 7.55. The van der Waals surface area contributed by atoms with E-state index in [1.165, 1.54) is 16.7 Å². The summed E-state index contributed by atoms with van der Waals surface area (Å²) in [6, 6.07) is 14.3. The standard InChI is InChI=1S/C19H21NO2/c1-19(2,3)18(21)20-15-8-9-17-14(10-15)12-22-11-13-6-4-5-7-16(13)17/h4-10H,11-12H2,1-3H3,(H,20,21). The van der Waals surface area contributed by atoms with Crippen LogP contribution in [0.1, 0.15) is 31.9 Å². The third kappa shape index (κ3) is 2.90. The molecule has 1 N–H and O–H groups in total. The third-order valence-corrected chi connectivity index (χ3v) is 3.87. The van der Waals surface area contributed by atoms with Gasteiger partial charge < -0.3 is 10.1 Å². The summed E-state index contributed by atoms with van der Waals surface area (Å²) in [5.41, 5.74) is 5.12. The van der Waals surface area contributed by atoms with Crippen LogP contribution < -0.4 is 5.32 Å². The number of carbonyl (C=O) groups excluding carboxylic acids is 1. The van der Waals surface area contributed by atoms with Gasteiger partial charge in [-0.25, -0.2) is 0 Å². The molecule has 0 bridgehead atoms. The quantitative estimate of drug-likeness (QED) is 0.848. The lowest BCUT2D eigenvalue weighted by Crippen LogP contribution is -2.27. The second kappa shape index (κ2) is 5.58. The van der Waals surface area contributed by atoms with Gasteiger partial charge in [0.25, 0.3) is 0 Å². The fraction of sp³-hybridized carbons (Fsp3) is 0.316. The number of anilines is 1. The molecular weight excluding hydrogens is 274 g/mol. The lowest BCUT2D eigenvalue weighted by atomic mass is 9.94.